The molecule has 0 aromatic heterocycles. The Bertz CT molecular complexity index is 1070. The number of nitrogens with one attached hydrogen (secondary N) is 3. The van der Waals surface area contributed by atoms with Crippen LogP contribution in [-0.2, 0) is 12.6 Å². The molecule has 1 unspecified atom stereocenters. The molecule has 33 heavy (non-hydrogen) atoms. The molecule has 0 heterocycles. The summed E-state index contributed by atoms with van der Waals surface area (Å²) in [6.45, 7) is 2.38. The molecular formula is C24H25F5N4. The van der Waals surface area contributed by atoms with Gasteiger partial charge in [0.15, 0.2) is 0 Å². The second-order valence-electron chi connectivity index (χ2n) is 8.32. The molecule has 1 atom stereocenters. The number of halogens is 5. The van der Waals surface area contributed by atoms with E-state index < -0.39 is 23.0 Å². The molecule has 2 aromatic carbocycles. The van der Waals surface area contributed by atoms with Crippen molar-refractivity contribution in [3.05, 3.63) is 88.1 Å². The van der Waals surface area contributed by atoms with E-state index in [0.29, 0.717) is 41.9 Å². The van der Waals surface area contributed by atoms with Gasteiger partial charge in [-0.05, 0) is 78.3 Å². The molecule has 176 valence electrons. The van der Waals surface area contributed by atoms with E-state index in [0.717, 1.165) is 17.7 Å². The highest BCUT2D eigenvalue weighted by Gasteiger charge is 2.36. The topological polar surface area (TPSA) is 73.9 Å². The van der Waals surface area contributed by atoms with Crippen molar-refractivity contribution in [2.45, 2.75) is 32.4 Å². The molecule has 9 heteroatoms. The van der Waals surface area contributed by atoms with Crippen LogP contribution in [0.3, 0.4) is 0 Å². The van der Waals surface area contributed by atoms with Crippen LogP contribution in [0.25, 0.3) is 0 Å². The zero-order chi connectivity index (χ0) is 24.2. The van der Waals surface area contributed by atoms with Gasteiger partial charge in [-0.25, -0.2) is 8.78 Å². The summed E-state index contributed by atoms with van der Waals surface area (Å²) in [6.07, 6.45) is -0.447. The van der Waals surface area contributed by atoms with Crippen molar-refractivity contribution in [3.8, 4) is 0 Å². The summed E-state index contributed by atoms with van der Waals surface area (Å²) in [5.74, 6) is 3.78. The second kappa shape index (κ2) is 9.84. The maximum atomic E-state index is 14.2. The summed E-state index contributed by atoms with van der Waals surface area (Å²) in [5, 5.41) is 11.1. The minimum atomic E-state index is -4.76. The first kappa shape index (κ1) is 24.6. The fourth-order valence-corrected chi connectivity index (χ4v) is 4.11. The zero-order valence-corrected chi connectivity index (χ0v) is 18.0. The van der Waals surface area contributed by atoms with Gasteiger partial charge in [0, 0.05) is 24.1 Å². The highest BCUT2D eigenvalue weighted by molar-refractivity contribution is 5.80. The first-order chi connectivity index (χ1) is 15.6. The van der Waals surface area contributed by atoms with Crippen molar-refractivity contribution in [3.63, 3.8) is 0 Å². The highest BCUT2D eigenvalue weighted by atomic mass is 19.4. The summed E-state index contributed by atoms with van der Waals surface area (Å²) < 4.78 is 66.2. The molecule has 1 aliphatic rings. The maximum absolute atomic E-state index is 14.2. The van der Waals surface area contributed by atoms with Crippen LogP contribution in [0, 0.1) is 22.5 Å². The lowest BCUT2D eigenvalue weighted by Gasteiger charge is -2.37. The molecule has 2 aromatic rings. The Hall–Kier alpha value is -3.04. The van der Waals surface area contributed by atoms with Crippen molar-refractivity contribution in [2.24, 2.45) is 11.3 Å². The lowest BCUT2D eigenvalue weighted by atomic mass is 9.68. The Morgan fingerprint density at radius 3 is 2.39 bits per heavy atom. The second-order valence-corrected chi connectivity index (χ2v) is 8.32. The molecule has 0 spiro atoms. The number of allylic oxidation sites excluding steroid dienone is 2. The molecule has 0 radical (unpaired) electrons. The van der Waals surface area contributed by atoms with Crippen LogP contribution in [0.4, 0.5) is 27.6 Å². The standard InChI is InChI=1S/C24H25F5N4/c1-23(12-15-2-7-20(21(26)10-15)24(27,28)29)13-16(14-30)22(11-17(23)8-9-32-31)33-19-5-3-18(25)4-6-19/h2-7,10-11,14,30,32-33H,8-9,12-13,31H2,1H3. The number of hydrogen-bond acceptors (Lipinski definition) is 4. The summed E-state index contributed by atoms with van der Waals surface area (Å²) in [5.41, 5.74) is 4.06. The summed E-state index contributed by atoms with van der Waals surface area (Å²) >= 11 is 0. The first-order valence-corrected chi connectivity index (χ1v) is 10.3. The highest BCUT2D eigenvalue weighted by Crippen LogP contribution is 2.44. The van der Waals surface area contributed by atoms with Gasteiger partial charge in [-0.1, -0.05) is 18.6 Å². The number of alkyl halides is 3. The molecule has 1 aliphatic carbocycles. The zero-order valence-electron chi connectivity index (χ0n) is 18.0. The molecular weight excluding hydrogens is 439 g/mol. The number of rotatable bonds is 8. The van der Waals surface area contributed by atoms with E-state index in [1.54, 1.807) is 12.1 Å². The third kappa shape index (κ3) is 5.85. The molecule has 3 rings (SSSR count). The van der Waals surface area contributed by atoms with Crippen LogP contribution in [0.1, 0.15) is 30.9 Å². The third-order valence-corrected chi connectivity index (χ3v) is 5.79. The molecule has 0 saturated heterocycles. The fourth-order valence-electron chi connectivity index (χ4n) is 4.11. The average molecular weight is 464 g/mol. The Morgan fingerprint density at radius 1 is 1.12 bits per heavy atom. The summed E-state index contributed by atoms with van der Waals surface area (Å²) in [7, 11) is 0. The Balaban J connectivity index is 1.93. The monoisotopic (exact) mass is 464 g/mol. The minimum absolute atomic E-state index is 0.277. The predicted octanol–water partition coefficient (Wildman–Crippen LogP) is 5.73. The summed E-state index contributed by atoms with van der Waals surface area (Å²) in [6, 6.07) is 8.78. The number of hydrazine groups is 1. The van der Waals surface area contributed by atoms with E-state index in [2.05, 4.69) is 10.7 Å². The van der Waals surface area contributed by atoms with Crippen molar-refractivity contribution >= 4 is 11.9 Å². The van der Waals surface area contributed by atoms with Gasteiger partial charge in [0.25, 0.3) is 0 Å². The van der Waals surface area contributed by atoms with E-state index in [1.807, 2.05) is 13.0 Å². The van der Waals surface area contributed by atoms with Gasteiger partial charge < -0.3 is 10.7 Å². The fraction of sp³-hybridized carbons (Fsp3) is 0.292. The van der Waals surface area contributed by atoms with Gasteiger partial charge >= 0.3 is 6.18 Å². The number of nitrogens with two attached hydrogens (primary N) is 1. The van der Waals surface area contributed by atoms with Crippen LogP contribution in [0.5, 0.6) is 0 Å². The average Bonchev–Trinajstić information content (AvgIpc) is 2.74. The smallest absolute Gasteiger partial charge is 0.355 e. The Morgan fingerprint density at radius 2 is 1.82 bits per heavy atom. The van der Waals surface area contributed by atoms with Crippen molar-refractivity contribution in [1.29, 1.82) is 5.41 Å². The third-order valence-electron chi connectivity index (χ3n) is 5.79. The van der Waals surface area contributed by atoms with Gasteiger partial charge in [-0.2, -0.15) is 13.2 Å². The lowest BCUT2D eigenvalue weighted by molar-refractivity contribution is -0.140. The van der Waals surface area contributed by atoms with Gasteiger partial charge in [0.1, 0.15) is 11.6 Å². The molecule has 4 nitrogen and oxygen atoms in total. The van der Waals surface area contributed by atoms with Crippen LogP contribution in [0.2, 0.25) is 0 Å². The van der Waals surface area contributed by atoms with Crippen LogP contribution in [0.15, 0.2) is 65.4 Å². The van der Waals surface area contributed by atoms with Gasteiger partial charge in [-0.3, -0.25) is 11.3 Å². The van der Waals surface area contributed by atoms with Gasteiger partial charge in [0.2, 0.25) is 0 Å². The molecule has 0 bridgehead atoms. The van der Waals surface area contributed by atoms with Crippen molar-refractivity contribution in [1.82, 2.24) is 5.43 Å². The lowest BCUT2D eigenvalue weighted by Crippen LogP contribution is -2.31. The molecule has 0 amide bonds. The van der Waals surface area contributed by atoms with E-state index >= 15 is 0 Å². The van der Waals surface area contributed by atoms with Gasteiger partial charge in [-0.15, -0.1) is 0 Å². The predicted molar refractivity (Wildman–Crippen MR) is 119 cm³/mol. The quantitative estimate of drug-likeness (QED) is 0.174. The molecule has 0 fully saturated rings. The molecule has 0 aliphatic heterocycles. The first-order valence-electron chi connectivity index (χ1n) is 10.3. The van der Waals surface area contributed by atoms with Crippen LogP contribution in [-0.4, -0.2) is 12.8 Å². The largest absolute Gasteiger partial charge is 0.419 e. The Labute approximate surface area is 188 Å². The number of hydrogen-bond donors (Lipinski definition) is 4. The Kier molecular flexibility index (Phi) is 7.34. The number of benzene rings is 2. The molecule has 5 N–H and O–H groups in total. The van der Waals surface area contributed by atoms with Crippen LogP contribution >= 0.6 is 0 Å². The van der Waals surface area contributed by atoms with E-state index in [4.69, 9.17) is 11.3 Å². The van der Waals surface area contributed by atoms with Gasteiger partial charge in [0.05, 0.1) is 5.56 Å². The SMILES string of the molecule is CC1(Cc2ccc(C(F)(F)F)c(F)c2)CC(C=N)=C(Nc2ccc(F)cc2)C=C1CCNN. The van der Waals surface area contributed by atoms with Crippen molar-refractivity contribution < 1.29 is 22.0 Å². The normalized spacial score (nSPS) is 18.8. The van der Waals surface area contributed by atoms with E-state index in [9.17, 15) is 22.0 Å². The molecule has 0 saturated carbocycles. The van der Waals surface area contributed by atoms with E-state index in [-0.39, 0.29) is 12.2 Å². The van der Waals surface area contributed by atoms with Crippen molar-refractivity contribution in [2.75, 3.05) is 11.9 Å². The minimum Gasteiger partial charge on any atom is -0.355 e. The van der Waals surface area contributed by atoms with E-state index in [1.165, 1.54) is 24.4 Å². The maximum Gasteiger partial charge on any atom is 0.419 e. The van der Waals surface area contributed by atoms with Crippen LogP contribution < -0.4 is 16.6 Å². The number of anilines is 1. The summed E-state index contributed by atoms with van der Waals surface area (Å²) in [4.78, 5) is 0.